The third kappa shape index (κ3) is 10.3. The molecule has 2 aliphatic carbocycles. The first-order valence-corrected chi connectivity index (χ1v) is 14.1. The van der Waals surface area contributed by atoms with Crippen molar-refractivity contribution in [3.05, 3.63) is 65.8 Å². The molecule has 5 rings (SSSR count). The average molecular weight is 596 g/mol. The molecule has 3 amide bonds. The number of rotatable bonds is 8. The molecule has 216 valence electrons. The third-order valence-electron chi connectivity index (χ3n) is 6.33. The van der Waals surface area contributed by atoms with E-state index < -0.39 is 0 Å². The average Bonchev–Trinajstić information content (AvgIpc) is 3.53. The summed E-state index contributed by atoms with van der Waals surface area (Å²) in [6.07, 6.45) is 2.43. The molecule has 4 N–H and O–H groups in total. The van der Waals surface area contributed by atoms with Crippen molar-refractivity contribution in [1.82, 2.24) is 25.4 Å². The summed E-state index contributed by atoms with van der Waals surface area (Å²) >= 11 is 11.3. The Hall–Kier alpha value is -3.77. The van der Waals surface area contributed by atoms with Crippen LogP contribution in [0, 0.1) is 0 Å². The van der Waals surface area contributed by atoms with Crippen molar-refractivity contribution in [3.63, 3.8) is 0 Å². The second kappa shape index (κ2) is 14.7. The van der Waals surface area contributed by atoms with Crippen LogP contribution in [0.15, 0.2) is 60.8 Å². The number of pyridine rings is 1. The van der Waals surface area contributed by atoms with Crippen molar-refractivity contribution < 1.29 is 14.3 Å². The minimum Gasteiger partial charge on any atom is -0.457 e. The molecule has 2 heterocycles. The molecule has 1 aliphatic heterocycles. The highest BCUT2D eigenvalue weighted by Crippen LogP contribution is 2.33. The maximum absolute atomic E-state index is 12.2. The number of amides is 3. The van der Waals surface area contributed by atoms with Gasteiger partial charge >= 0.3 is 6.03 Å². The van der Waals surface area contributed by atoms with Gasteiger partial charge in [-0.25, -0.2) is 9.78 Å². The molecular formula is C29H34ClN7O3S. The molecule has 3 aliphatic rings. The van der Waals surface area contributed by atoms with E-state index in [0.717, 1.165) is 39.1 Å². The van der Waals surface area contributed by atoms with Gasteiger partial charge in [-0.05, 0) is 67.6 Å². The molecular weight excluding hydrogens is 562 g/mol. The maximum atomic E-state index is 12.2. The number of hydrogen-bond donors (Lipinski definition) is 4. The quantitative estimate of drug-likeness (QED) is 0.170. The minimum atomic E-state index is -0.318. The van der Waals surface area contributed by atoms with Crippen molar-refractivity contribution >= 4 is 52.4 Å². The monoisotopic (exact) mass is 595 g/mol. The van der Waals surface area contributed by atoms with Crippen LogP contribution in [0.1, 0.15) is 13.3 Å². The van der Waals surface area contributed by atoms with Crippen LogP contribution >= 0.6 is 23.8 Å². The number of benzene rings is 2. The second-order valence-corrected chi connectivity index (χ2v) is 10.5. The lowest BCUT2D eigenvalue weighted by Gasteiger charge is -2.32. The van der Waals surface area contributed by atoms with E-state index in [4.69, 9.17) is 28.6 Å². The van der Waals surface area contributed by atoms with Crippen molar-refractivity contribution in [2.45, 2.75) is 13.3 Å². The van der Waals surface area contributed by atoms with E-state index in [1.807, 2.05) is 0 Å². The normalized spacial score (nSPS) is 13.7. The first kappa shape index (κ1) is 30.2. The molecule has 0 saturated carbocycles. The van der Waals surface area contributed by atoms with Gasteiger partial charge in [0.05, 0.1) is 10.7 Å². The van der Waals surface area contributed by atoms with Crippen molar-refractivity contribution in [2.75, 3.05) is 56.9 Å². The first-order valence-electron chi connectivity index (χ1n) is 13.3. The summed E-state index contributed by atoms with van der Waals surface area (Å²) in [7, 11) is 2.13. The summed E-state index contributed by atoms with van der Waals surface area (Å²) in [5, 5.41) is 11.4. The summed E-state index contributed by atoms with van der Waals surface area (Å²) in [6, 6.07) is 16.4. The predicted molar refractivity (Wildman–Crippen MR) is 167 cm³/mol. The zero-order valence-corrected chi connectivity index (χ0v) is 24.6. The molecule has 1 aromatic heterocycles. The van der Waals surface area contributed by atoms with Gasteiger partial charge < -0.3 is 30.5 Å². The van der Waals surface area contributed by atoms with Crippen LogP contribution < -0.4 is 26.0 Å². The smallest absolute Gasteiger partial charge is 0.320 e. The summed E-state index contributed by atoms with van der Waals surface area (Å²) in [6.45, 7) is 7.20. The topological polar surface area (TPSA) is 111 Å². The Morgan fingerprint density at radius 3 is 2.37 bits per heavy atom. The molecule has 1 fully saturated rings. The van der Waals surface area contributed by atoms with Crippen molar-refractivity contribution in [1.29, 1.82) is 0 Å². The standard InChI is InChI=1S/C23H30ClN7O3S.C6H4/c1-16(32)27-23(35)28-20-5-4-17(14-19(20)24)34-18-6-8-25-21(15-18)29-22(33)26-7-3-9-31-12-10-30(2)11-13-31;1-2-5-4-6(5)3-1/h4-6,8,14-15H,3,7,9-13H2,1-2H3,(H2,25,26,29,33)(H2,27,28,32,35);1-4H. The molecule has 2 aromatic rings. The minimum absolute atomic E-state index is 0.149. The van der Waals surface area contributed by atoms with E-state index in [9.17, 15) is 9.59 Å². The lowest BCUT2D eigenvalue weighted by atomic mass is 10.3. The van der Waals surface area contributed by atoms with Crippen LogP contribution in [0.4, 0.5) is 16.3 Å². The third-order valence-corrected chi connectivity index (χ3v) is 6.85. The summed E-state index contributed by atoms with van der Waals surface area (Å²) in [5.41, 5.74) is 3.38. The maximum Gasteiger partial charge on any atom is 0.320 e. The van der Waals surface area contributed by atoms with Crippen molar-refractivity contribution in [3.8, 4) is 22.6 Å². The number of thiocarbonyl (C=S) groups is 1. The number of aromatic nitrogens is 1. The van der Waals surface area contributed by atoms with Gasteiger partial charge in [0, 0.05) is 58.0 Å². The van der Waals surface area contributed by atoms with E-state index in [0.29, 0.717) is 34.6 Å². The second-order valence-electron chi connectivity index (χ2n) is 9.72. The van der Waals surface area contributed by atoms with Gasteiger partial charge in [0.1, 0.15) is 17.3 Å². The van der Waals surface area contributed by atoms with E-state index in [-0.39, 0.29) is 17.1 Å². The largest absolute Gasteiger partial charge is 0.457 e. The fourth-order valence-corrected chi connectivity index (χ4v) is 4.54. The molecule has 12 heteroatoms. The fraction of sp³-hybridized carbons (Fsp3) is 0.310. The lowest BCUT2D eigenvalue weighted by Crippen LogP contribution is -2.45. The lowest BCUT2D eigenvalue weighted by molar-refractivity contribution is -0.117. The number of ether oxygens (including phenoxy) is 1. The zero-order valence-electron chi connectivity index (χ0n) is 23.1. The SMILES string of the molecule is CC(=O)NC(=S)Nc1ccc(Oc2ccnc(NC(=O)NCCCN3CCN(C)CC3)c2)cc1Cl.c1cc2cc-2c1. The molecule has 41 heavy (non-hydrogen) atoms. The number of halogens is 1. The number of nitrogens with one attached hydrogen (secondary N) is 4. The number of hydrogen-bond acceptors (Lipinski definition) is 7. The van der Waals surface area contributed by atoms with Crippen LogP contribution in [0.25, 0.3) is 11.1 Å². The number of piperazine rings is 1. The Kier molecular flexibility index (Phi) is 10.9. The van der Waals surface area contributed by atoms with Crippen LogP contribution in [0.3, 0.4) is 0 Å². The number of likely N-dealkylation sites (N-methyl/N-ethyl adjacent to an activating group) is 1. The Bertz CT molecular complexity index is 1360. The number of carbonyl (C=O) groups excluding carboxylic acids is 2. The van der Waals surface area contributed by atoms with E-state index in [1.54, 1.807) is 36.5 Å². The van der Waals surface area contributed by atoms with Crippen LogP contribution in [0.2, 0.25) is 5.02 Å². The van der Waals surface area contributed by atoms with Gasteiger partial charge in [-0.3, -0.25) is 10.1 Å². The number of fused-ring (bicyclic) bond motifs is 1. The Morgan fingerprint density at radius 2 is 1.73 bits per heavy atom. The zero-order chi connectivity index (χ0) is 29.2. The highest BCUT2D eigenvalue weighted by molar-refractivity contribution is 7.80. The summed E-state index contributed by atoms with van der Waals surface area (Å²) in [5.74, 6) is 1.05. The Morgan fingerprint density at radius 1 is 1.00 bits per heavy atom. The number of urea groups is 1. The molecule has 1 saturated heterocycles. The van der Waals surface area contributed by atoms with Crippen LogP contribution in [0.5, 0.6) is 11.5 Å². The molecule has 0 bridgehead atoms. The van der Waals surface area contributed by atoms with Gasteiger partial charge in [-0.1, -0.05) is 29.8 Å². The van der Waals surface area contributed by atoms with Gasteiger partial charge in [0.15, 0.2) is 5.11 Å². The predicted octanol–water partition coefficient (Wildman–Crippen LogP) is 4.79. The van der Waals surface area contributed by atoms with Gasteiger partial charge in [0.25, 0.3) is 0 Å². The van der Waals surface area contributed by atoms with Gasteiger partial charge in [-0.15, -0.1) is 0 Å². The molecule has 0 atom stereocenters. The highest BCUT2D eigenvalue weighted by atomic mass is 35.5. The molecule has 10 nitrogen and oxygen atoms in total. The summed E-state index contributed by atoms with van der Waals surface area (Å²) < 4.78 is 5.84. The number of nitrogens with zero attached hydrogens (tertiary/aromatic N) is 3. The van der Waals surface area contributed by atoms with E-state index in [2.05, 4.69) is 67.4 Å². The highest BCUT2D eigenvalue weighted by Gasteiger charge is 2.13. The molecule has 0 unspecified atom stereocenters. The molecule has 0 spiro atoms. The summed E-state index contributed by atoms with van der Waals surface area (Å²) in [4.78, 5) is 32.2. The molecule has 1 aromatic carbocycles. The van der Waals surface area contributed by atoms with E-state index >= 15 is 0 Å². The number of anilines is 2. The number of carbonyl (C=O) groups is 2. The Balaban J connectivity index is 0.000000560. The Labute approximate surface area is 250 Å². The van der Waals surface area contributed by atoms with Crippen LogP contribution in [-0.2, 0) is 4.79 Å². The van der Waals surface area contributed by atoms with Gasteiger partial charge in [-0.2, -0.15) is 0 Å². The van der Waals surface area contributed by atoms with Gasteiger partial charge in [0.2, 0.25) is 5.91 Å². The fourth-order valence-electron chi connectivity index (χ4n) is 4.07. The van der Waals surface area contributed by atoms with Crippen LogP contribution in [-0.4, -0.2) is 78.2 Å². The molecule has 0 radical (unpaired) electrons. The first-order chi connectivity index (χ1) is 19.7. The van der Waals surface area contributed by atoms with E-state index in [1.165, 1.54) is 18.1 Å². The van der Waals surface area contributed by atoms with Crippen molar-refractivity contribution in [2.24, 2.45) is 0 Å².